The number of halogens is 8. The van der Waals surface area contributed by atoms with Gasteiger partial charge < -0.3 is 19.6 Å². The van der Waals surface area contributed by atoms with Gasteiger partial charge in [0.15, 0.2) is 6.10 Å². The zero-order valence-corrected chi connectivity index (χ0v) is 20.8. The number of aliphatic hydroxyl groups is 1. The van der Waals surface area contributed by atoms with E-state index in [0.717, 1.165) is 6.07 Å². The van der Waals surface area contributed by atoms with Crippen molar-refractivity contribution < 1.29 is 45.0 Å². The van der Waals surface area contributed by atoms with Gasteiger partial charge in [-0.1, -0.05) is 42.5 Å². The zero-order chi connectivity index (χ0) is 28.9. The lowest BCUT2D eigenvalue weighted by molar-refractivity contribution is -0.274. The maximum Gasteiger partial charge on any atom is 0.573 e. The molecule has 1 N–H and O–H groups in total. The van der Waals surface area contributed by atoms with E-state index >= 15 is 0 Å². The number of alkyl halides is 8. The Morgan fingerprint density at radius 3 is 2.23 bits per heavy atom. The van der Waals surface area contributed by atoms with E-state index in [1.165, 1.54) is 21.9 Å². The number of fused-ring (bicyclic) bond motifs is 1. The van der Waals surface area contributed by atoms with Crippen LogP contribution in [0.25, 0.3) is 0 Å². The first-order valence-electron chi connectivity index (χ1n) is 12.3. The van der Waals surface area contributed by atoms with Gasteiger partial charge >= 0.3 is 12.5 Å². The highest BCUT2D eigenvalue weighted by Gasteiger charge is 2.48. The quantitative estimate of drug-likeness (QED) is 0.337. The molecule has 2 atom stereocenters. The molecule has 2 heterocycles. The number of ether oxygens (including phenoxy) is 1. The summed E-state index contributed by atoms with van der Waals surface area (Å²) in [7, 11) is 0. The predicted octanol–water partition coefficient (Wildman–Crippen LogP) is 6.31. The molecule has 214 valence electrons. The third-order valence-corrected chi connectivity index (χ3v) is 7.24. The van der Waals surface area contributed by atoms with Gasteiger partial charge in [0.25, 0.3) is 5.92 Å². The number of aliphatic hydroxyl groups excluding tert-OH is 1. The molecule has 0 aromatic heterocycles. The minimum absolute atomic E-state index is 0.0963. The maximum absolute atomic E-state index is 13.5. The number of β-amino-alcohol motifs (C(OH)–C–C–N with tert-alkyl or cyclic N) is 1. The number of benzene rings is 3. The fourth-order valence-electron chi connectivity index (χ4n) is 5.52. The van der Waals surface area contributed by atoms with Gasteiger partial charge in [-0.2, -0.15) is 13.2 Å². The van der Waals surface area contributed by atoms with E-state index in [4.69, 9.17) is 0 Å². The van der Waals surface area contributed by atoms with Crippen molar-refractivity contribution in [3.8, 4) is 5.75 Å². The summed E-state index contributed by atoms with van der Waals surface area (Å²) in [5.74, 6) is -3.30. The van der Waals surface area contributed by atoms with E-state index in [9.17, 15) is 40.2 Å². The first kappa shape index (κ1) is 28.0. The molecule has 1 fully saturated rings. The van der Waals surface area contributed by atoms with Gasteiger partial charge in [-0.25, -0.2) is 8.78 Å². The maximum atomic E-state index is 13.5. The van der Waals surface area contributed by atoms with E-state index < -0.39 is 55.4 Å². The summed E-state index contributed by atoms with van der Waals surface area (Å²) in [6.45, 7) is -1.79. The summed E-state index contributed by atoms with van der Waals surface area (Å²) in [4.78, 5) is 2.85. The van der Waals surface area contributed by atoms with Crippen molar-refractivity contribution in [2.75, 3.05) is 36.0 Å². The monoisotopic (exact) mass is 572 g/mol. The van der Waals surface area contributed by atoms with E-state index in [1.54, 1.807) is 54.6 Å². The Hall–Kier alpha value is -3.54. The Kier molecular flexibility index (Phi) is 6.88. The summed E-state index contributed by atoms with van der Waals surface area (Å²) < 4.78 is 110. The predicted molar refractivity (Wildman–Crippen MR) is 132 cm³/mol. The number of rotatable bonds is 7. The molecule has 3 aromatic rings. The SMILES string of the molecule is O[C@H](CN1CC(Cc2cccc(N3CC(F)(F)C3)c2)(c2cccc(OC(F)(F)F)c2)c2ccccc21)C(F)(F)F. The summed E-state index contributed by atoms with van der Waals surface area (Å²) in [6.07, 6.45) is -12.4. The van der Waals surface area contributed by atoms with Crippen molar-refractivity contribution in [3.05, 3.63) is 89.5 Å². The van der Waals surface area contributed by atoms with Crippen LogP contribution >= 0.6 is 0 Å². The van der Waals surface area contributed by atoms with Gasteiger partial charge in [0.05, 0.1) is 19.6 Å². The first-order valence-corrected chi connectivity index (χ1v) is 12.3. The van der Waals surface area contributed by atoms with Crippen LogP contribution in [0.15, 0.2) is 72.8 Å². The third-order valence-electron chi connectivity index (χ3n) is 7.24. The number of para-hydroxylation sites is 1. The highest BCUT2D eigenvalue weighted by Crippen LogP contribution is 2.48. The molecule has 0 saturated carbocycles. The third kappa shape index (κ3) is 5.67. The van der Waals surface area contributed by atoms with Crippen LogP contribution in [0.2, 0.25) is 0 Å². The Balaban J connectivity index is 1.59. The normalized spacial score (nSPS) is 21.1. The van der Waals surface area contributed by atoms with Crippen LogP contribution < -0.4 is 14.5 Å². The van der Waals surface area contributed by atoms with Crippen LogP contribution in [-0.4, -0.2) is 55.9 Å². The molecule has 1 saturated heterocycles. The fourth-order valence-corrected chi connectivity index (χ4v) is 5.52. The molecule has 0 bridgehead atoms. The lowest BCUT2D eigenvalue weighted by Gasteiger charge is -2.40. The second-order valence-electron chi connectivity index (χ2n) is 10.2. The molecule has 4 nitrogen and oxygen atoms in total. The molecule has 12 heteroatoms. The van der Waals surface area contributed by atoms with Crippen molar-refractivity contribution in [2.24, 2.45) is 0 Å². The highest BCUT2D eigenvalue weighted by atomic mass is 19.4. The number of hydrogen-bond donors (Lipinski definition) is 1. The van der Waals surface area contributed by atoms with Crippen LogP contribution in [0.1, 0.15) is 16.7 Å². The lowest BCUT2D eigenvalue weighted by Crippen LogP contribution is -2.56. The standard InChI is InChI=1S/C28H24F8N2O2/c29-26(30)16-38(17-26)20-7-3-5-18(11-20)13-25(19-6-4-8-21(12-19)40-28(34,35)36)15-37(14-24(39)27(31,32)33)23-10-2-1-9-22(23)25/h1-12,24,39H,13-17H2/t24-,25?/m1/s1. The first-order chi connectivity index (χ1) is 18.7. The molecule has 0 amide bonds. The van der Waals surface area contributed by atoms with Gasteiger partial charge in [0.1, 0.15) is 5.75 Å². The lowest BCUT2D eigenvalue weighted by atomic mass is 9.71. The second-order valence-corrected chi connectivity index (χ2v) is 10.2. The van der Waals surface area contributed by atoms with E-state index in [-0.39, 0.29) is 13.0 Å². The Labute approximate surface area is 224 Å². The topological polar surface area (TPSA) is 35.9 Å². The molecule has 3 aromatic carbocycles. The summed E-state index contributed by atoms with van der Waals surface area (Å²) in [5, 5.41) is 9.87. The Bertz CT molecular complexity index is 1370. The molecule has 5 rings (SSSR count). The average molecular weight is 572 g/mol. The molecular weight excluding hydrogens is 548 g/mol. The largest absolute Gasteiger partial charge is 0.573 e. The number of nitrogens with zero attached hydrogens (tertiary/aromatic N) is 2. The zero-order valence-electron chi connectivity index (χ0n) is 20.8. The van der Waals surface area contributed by atoms with Gasteiger partial charge in [-0.15, -0.1) is 13.2 Å². The van der Waals surface area contributed by atoms with Crippen LogP contribution in [0.3, 0.4) is 0 Å². The summed E-state index contributed by atoms with van der Waals surface area (Å²) in [5.41, 5.74) is 1.31. The molecule has 2 aliphatic rings. The Morgan fingerprint density at radius 1 is 0.850 bits per heavy atom. The van der Waals surface area contributed by atoms with Crippen molar-refractivity contribution in [2.45, 2.75) is 36.4 Å². The molecule has 0 aliphatic carbocycles. The molecule has 0 radical (unpaired) electrons. The number of hydrogen-bond acceptors (Lipinski definition) is 4. The fraction of sp³-hybridized carbons (Fsp3) is 0.357. The highest BCUT2D eigenvalue weighted by molar-refractivity contribution is 5.67. The van der Waals surface area contributed by atoms with Gasteiger partial charge in [-0.3, -0.25) is 0 Å². The minimum Gasteiger partial charge on any atom is -0.406 e. The van der Waals surface area contributed by atoms with E-state index in [2.05, 4.69) is 4.74 Å². The molecule has 1 unspecified atom stereocenters. The molecule has 0 spiro atoms. The smallest absolute Gasteiger partial charge is 0.406 e. The minimum atomic E-state index is -4.96. The van der Waals surface area contributed by atoms with Crippen molar-refractivity contribution in [1.82, 2.24) is 0 Å². The van der Waals surface area contributed by atoms with Gasteiger partial charge in [-0.05, 0) is 53.4 Å². The second kappa shape index (κ2) is 9.83. The molecule has 40 heavy (non-hydrogen) atoms. The van der Waals surface area contributed by atoms with Gasteiger partial charge in [0.2, 0.25) is 0 Å². The van der Waals surface area contributed by atoms with Crippen molar-refractivity contribution >= 4 is 11.4 Å². The van der Waals surface area contributed by atoms with E-state index in [1.807, 2.05) is 0 Å². The Morgan fingerprint density at radius 2 is 1.55 bits per heavy atom. The van der Waals surface area contributed by atoms with Crippen LogP contribution in [-0.2, 0) is 11.8 Å². The van der Waals surface area contributed by atoms with Crippen molar-refractivity contribution in [1.29, 1.82) is 0 Å². The van der Waals surface area contributed by atoms with Crippen LogP contribution in [0, 0.1) is 0 Å². The van der Waals surface area contributed by atoms with Crippen LogP contribution in [0.4, 0.5) is 46.5 Å². The van der Waals surface area contributed by atoms with E-state index in [0.29, 0.717) is 28.1 Å². The van der Waals surface area contributed by atoms with Gasteiger partial charge in [0, 0.05) is 23.3 Å². The summed E-state index contributed by atoms with van der Waals surface area (Å²) in [6, 6.07) is 18.6. The summed E-state index contributed by atoms with van der Waals surface area (Å²) >= 11 is 0. The van der Waals surface area contributed by atoms with Crippen LogP contribution in [0.5, 0.6) is 5.75 Å². The average Bonchev–Trinajstić information content (AvgIpc) is 3.15. The molecule has 2 aliphatic heterocycles. The molecular formula is C28H24F8N2O2. The van der Waals surface area contributed by atoms with Crippen molar-refractivity contribution in [3.63, 3.8) is 0 Å². The number of anilines is 2.